The number of nitrogens with zero attached hydrogens (tertiary/aromatic N) is 5. The van der Waals surface area contributed by atoms with Gasteiger partial charge in [-0.15, -0.1) is 0 Å². The first-order valence-electron chi connectivity index (χ1n) is 9.42. The van der Waals surface area contributed by atoms with Crippen LogP contribution in [0.3, 0.4) is 0 Å². The van der Waals surface area contributed by atoms with E-state index in [1.807, 2.05) is 12.1 Å². The molecule has 11 heteroatoms. The highest BCUT2D eigenvalue weighted by molar-refractivity contribution is 9.10. The van der Waals surface area contributed by atoms with E-state index < -0.39 is 23.8 Å². The van der Waals surface area contributed by atoms with E-state index in [4.69, 9.17) is 0 Å². The van der Waals surface area contributed by atoms with Crippen molar-refractivity contribution >= 4 is 27.7 Å². The quantitative estimate of drug-likeness (QED) is 0.553. The summed E-state index contributed by atoms with van der Waals surface area (Å²) in [6, 6.07) is 9.78. The molecule has 0 spiro atoms. The van der Waals surface area contributed by atoms with E-state index in [1.54, 1.807) is 24.3 Å². The second kappa shape index (κ2) is 7.85. The van der Waals surface area contributed by atoms with Crippen molar-refractivity contribution in [1.29, 1.82) is 5.26 Å². The fourth-order valence-electron chi connectivity index (χ4n) is 3.27. The van der Waals surface area contributed by atoms with Gasteiger partial charge in [0.15, 0.2) is 11.5 Å². The highest BCUT2D eigenvalue weighted by atomic mass is 79.9. The first kappa shape index (κ1) is 21.1. The van der Waals surface area contributed by atoms with Crippen LogP contribution in [0.25, 0.3) is 5.69 Å². The molecule has 4 rings (SSSR count). The number of nitrogens with one attached hydrogen (secondary N) is 1. The first-order valence-corrected chi connectivity index (χ1v) is 10.2. The maximum atomic E-state index is 13.4. The zero-order chi connectivity index (χ0) is 22.3. The number of halogens is 4. The standard InChI is InChI=1S/C20H16BrF3N6O/c1-11(29-16(12-7-8-12)15(21)17(28-29)20(22,23)24)19(31)27-18-13(9-25)10-26-30(18)14-5-3-2-4-6-14/h2-6,10-12H,7-8H2,1H3,(H,27,31). The van der Waals surface area contributed by atoms with Crippen molar-refractivity contribution in [1.82, 2.24) is 19.6 Å². The van der Waals surface area contributed by atoms with Gasteiger partial charge in [-0.1, -0.05) is 18.2 Å². The molecule has 0 saturated heterocycles. The van der Waals surface area contributed by atoms with E-state index >= 15 is 0 Å². The number of carbonyl (C=O) groups is 1. The van der Waals surface area contributed by atoms with Gasteiger partial charge in [0.2, 0.25) is 5.91 Å². The number of carbonyl (C=O) groups excluding carboxylic acids is 1. The minimum atomic E-state index is -4.65. The maximum Gasteiger partial charge on any atom is 0.436 e. The number of hydrogen-bond acceptors (Lipinski definition) is 4. The Kier molecular flexibility index (Phi) is 5.35. The number of para-hydroxylation sites is 1. The molecule has 1 saturated carbocycles. The Bertz CT molecular complexity index is 1170. The molecule has 1 aromatic carbocycles. The third-order valence-electron chi connectivity index (χ3n) is 5.00. The number of nitriles is 1. The van der Waals surface area contributed by atoms with Gasteiger partial charge in [0, 0.05) is 5.92 Å². The van der Waals surface area contributed by atoms with Crippen LogP contribution >= 0.6 is 15.9 Å². The Morgan fingerprint density at radius 3 is 2.58 bits per heavy atom. The van der Waals surface area contributed by atoms with Gasteiger partial charge in [-0.2, -0.15) is 28.6 Å². The van der Waals surface area contributed by atoms with Gasteiger partial charge in [0.25, 0.3) is 0 Å². The van der Waals surface area contributed by atoms with Crippen molar-refractivity contribution in [3.8, 4) is 11.8 Å². The van der Waals surface area contributed by atoms with Crippen LogP contribution in [0.4, 0.5) is 19.0 Å². The van der Waals surface area contributed by atoms with Crippen molar-refractivity contribution in [2.75, 3.05) is 5.32 Å². The van der Waals surface area contributed by atoms with Crippen molar-refractivity contribution in [2.45, 2.75) is 37.9 Å². The van der Waals surface area contributed by atoms with Gasteiger partial charge in [0.05, 0.1) is 22.1 Å². The van der Waals surface area contributed by atoms with Crippen molar-refractivity contribution in [2.24, 2.45) is 0 Å². The third kappa shape index (κ3) is 3.95. The predicted octanol–water partition coefficient (Wildman–Crippen LogP) is 4.80. The van der Waals surface area contributed by atoms with Crippen molar-refractivity contribution in [3.63, 3.8) is 0 Å². The van der Waals surface area contributed by atoms with Crippen LogP contribution in [-0.4, -0.2) is 25.5 Å². The average molecular weight is 493 g/mol. The van der Waals surface area contributed by atoms with Gasteiger partial charge >= 0.3 is 6.18 Å². The maximum absolute atomic E-state index is 13.4. The zero-order valence-electron chi connectivity index (χ0n) is 16.2. The molecule has 2 heterocycles. The summed E-state index contributed by atoms with van der Waals surface area (Å²) in [5, 5.41) is 19.9. The second-order valence-corrected chi connectivity index (χ2v) is 7.99. The van der Waals surface area contributed by atoms with E-state index in [2.05, 4.69) is 31.4 Å². The van der Waals surface area contributed by atoms with Crippen LogP contribution in [0.2, 0.25) is 0 Å². The van der Waals surface area contributed by atoms with Gasteiger partial charge in [-0.05, 0) is 47.8 Å². The van der Waals surface area contributed by atoms with Crippen LogP contribution in [0.15, 0.2) is 41.0 Å². The lowest BCUT2D eigenvalue weighted by Crippen LogP contribution is -2.27. The zero-order valence-corrected chi connectivity index (χ0v) is 17.8. The largest absolute Gasteiger partial charge is 0.436 e. The lowest BCUT2D eigenvalue weighted by Gasteiger charge is -2.17. The van der Waals surface area contributed by atoms with E-state index in [1.165, 1.54) is 17.8 Å². The molecule has 1 aliphatic rings. The molecule has 1 aliphatic carbocycles. The molecule has 160 valence electrons. The van der Waals surface area contributed by atoms with Crippen molar-refractivity contribution in [3.05, 3.63) is 58.0 Å². The summed E-state index contributed by atoms with van der Waals surface area (Å²) in [4.78, 5) is 13.0. The highest BCUT2D eigenvalue weighted by Crippen LogP contribution is 2.47. The van der Waals surface area contributed by atoms with E-state index in [0.29, 0.717) is 11.4 Å². The second-order valence-electron chi connectivity index (χ2n) is 7.20. The molecule has 1 atom stereocenters. The Hall–Kier alpha value is -3.13. The number of alkyl halides is 3. The Balaban J connectivity index is 1.69. The number of hydrogen-bond donors (Lipinski definition) is 1. The molecule has 31 heavy (non-hydrogen) atoms. The Labute approximate surface area is 183 Å². The number of benzene rings is 1. The SMILES string of the molecule is CC(C(=O)Nc1c(C#N)cnn1-c1ccccc1)n1nc(C(F)(F)F)c(Br)c1C1CC1. The smallest absolute Gasteiger partial charge is 0.308 e. The predicted molar refractivity (Wildman–Crippen MR) is 109 cm³/mol. The third-order valence-corrected chi connectivity index (χ3v) is 5.78. The molecule has 7 nitrogen and oxygen atoms in total. The molecule has 1 unspecified atom stereocenters. The topological polar surface area (TPSA) is 88.5 Å². The van der Waals surface area contributed by atoms with Crippen LogP contribution in [-0.2, 0) is 11.0 Å². The molecule has 1 fully saturated rings. The van der Waals surface area contributed by atoms with Gasteiger partial charge in [-0.3, -0.25) is 9.48 Å². The van der Waals surface area contributed by atoms with Crippen LogP contribution in [0, 0.1) is 11.3 Å². The molecular formula is C20H16BrF3N6O. The molecular weight excluding hydrogens is 477 g/mol. The average Bonchev–Trinajstić information content (AvgIpc) is 3.39. The van der Waals surface area contributed by atoms with E-state index in [-0.39, 0.29) is 21.8 Å². The normalized spacial score (nSPS) is 14.8. The molecule has 1 amide bonds. The summed E-state index contributed by atoms with van der Waals surface area (Å²) in [7, 11) is 0. The fraction of sp³-hybridized carbons (Fsp3) is 0.300. The van der Waals surface area contributed by atoms with Crippen LogP contribution in [0.5, 0.6) is 0 Å². The summed E-state index contributed by atoms with van der Waals surface area (Å²) in [5.41, 5.74) is 0.0457. The minimum Gasteiger partial charge on any atom is -0.308 e. The minimum absolute atomic E-state index is 0.0854. The molecule has 0 bridgehead atoms. The molecule has 3 aromatic rings. The molecule has 0 aliphatic heterocycles. The van der Waals surface area contributed by atoms with E-state index in [9.17, 15) is 23.2 Å². The van der Waals surface area contributed by atoms with Crippen LogP contribution in [0.1, 0.15) is 48.7 Å². The molecule has 2 aromatic heterocycles. The number of amides is 1. The number of rotatable bonds is 5. The summed E-state index contributed by atoms with van der Waals surface area (Å²) in [6.07, 6.45) is -1.87. The monoisotopic (exact) mass is 492 g/mol. The molecule has 0 radical (unpaired) electrons. The number of aromatic nitrogens is 4. The highest BCUT2D eigenvalue weighted by Gasteiger charge is 2.43. The van der Waals surface area contributed by atoms with Gasteiger partial charge in [-0.25, -0.2) is 4.68 Å². The van der Waals surface area contributed by atoms with Gasteiger partial charge < -0.3 is 5.32 Å². The van der Waals surface area contributed by atoms with E-state index in [0.717, 1.165) is 17.5 Å². The first-order chi connectivity index (χ1) is 14.7. The summed E-state index contributed by atoms with van der Waals surface area (Å²) in [6.45, 7) is 1.47. The van der Waals surface area contributed by atoms with Crippen LogP contribution < -0.4 is 5.32 Å². The Morgan fingerprint density at radius 1 is 1.32 bits per heavy atom. The lowest BCUT2D eigenvalue weighted by molar-refractivity contribution is -0.142. The molecule has 1 N–H and O–H groups in total. The Morgan fingerprint density at radius 2 is 2.00 bits per heavy atom. The fourth-order valence-corrected chi connectivity index (χ4v) is 4.08. The summed E-state index contributed by atoms with van der Waals surface area (Å²) < 4.78 is 42.5. The number of anilines is 1. The van der Waals surface area contributed by atoms with Gasteiger partial charge in [0.1, 0.15) is 17.7 Å². The summed E-state index contributed by atoms with van der Waals surface area (Å²) >= 11 is 3.03. The van der Waals surface area contributed by atoms with Crippen molar-refractivity contribution < 1.29 is 18.0 Å². The lowest BCUT2D eigenvalue weighted by atomic mass is 10.2. The summed E-state index contributed by atoms with van der Waals surface area (Å²) in [5.74, 6) is -0.557.